The van der Waals surface area contributed by atoms with Crippen LogP contribution in [0.5, 0.6) is 11.5 Å². The van der Waals surface area contributed by atoms with Gasteiger partial charge in [0.15, 0.2) is 23.3 Å². The van der Waals surface area contributed by atoms with E-state index in [2.05, 4.69) is 30.4 Å². The zero-order chi connectivity index (χ0) is 17.6. The molecule has 8 nitrogen and oxygen atoms in total. The van der Waals surface area contributed by atoms with E-state index in [0.717, 1.165) is 42.3 Å². The molecule has 134 valence electrons. The minimum absolute atomic E-state index is 0.596. The number of hydrogen-bond donors (Lipinski definition) is 2. The third-order valence-corrected chi connectivity index (χ3v) is 4.23. The molecule has 2 N–H and O–H groups in total. The predicted octanol–water partition coefficient (Wildman–Crippen LogP) is 1.11. The van der Waals surface area contributed by atoms with Gasteiger partial charge in [-0.25, -0.2) is 0 Å². The fourth-order valence-electron chi connectivity index (χ4n) is 2.90. The summed E-state index contributed by atoms with van der Waals surface area (Å²) in [5, 5.41) is 15.0. The molecule has 0 radical (unpaired) electrons. The van der Waals surface area contributed by atoms with E-state index in [1.54, 1.807) is 21.3 Å². The van der Waals surface area contributed by atoms with Gasteiger partial charge in [0.05, 0.1) is 20.8 Å². The maximum atomic E-state index is 5.33. The summed E-state index contributed by atoms with van der Waals surface area (Å²) in [5.74, 6) is 4.16. The van der Waals surface area contributed by atoms with Crippen LogP contribution in [-0.4, -0.2) is 42.0 Å². The van der Waals surface area contributed by atoms with E-state index in [1.165, 1.54) is 0 Å². The molecule has 2 aromatic rings. The van der Waals surface area contributed by atoms with Gasteiger partial charge in [0.2, 0.25) is 0 Å². The first-order valence-electron chi connectivity index (χ1n) is 8.31. The summed E-state index contributed by atoms with van der Waals surface area (Å²) in [6, 6.07) is 5.84. The van der Waals surface area contributed by atoms with E-state index in [4.69, 9.17) is 9.47 Å². The maximum Gasteiger partial charge on any atom is 0.191 e. The second kappa shape index (κ2) is 7.87. The number of guanidine groups is 1. The maximum absolute atomic E-state index is 5.33. The molecule has 0 bridgehead atoms. The standard InChI is InChI=1S/C17H24N6O2/c1-18-17(20-11-16-22-21-15-5-4-8-23(15)16)19-10-12-6-7-13(24-2)14(9-12)25-3/h6-7,9H,4-5,8,10-11H2,1-3H3,(H2,18,19,20). The number of nitrogens with one attached hydrogen (secondary N) is 2. The average Bonchev–Trinajstić information content (AvgIpc) is 3.26. The number of hydrogen-bond acceptors (Lipinski definition) is 5. The molecule has 0 fully saturated rings. The lowest BCUT2D eigenvalue weighted by Crippen LogP contribution is -2.37. The van der Waals surface area contributed by atoms with Crippen LogP contribution in [0.25, 0.3) is 0 Å². The second-order valence-electron chi connectivity index (χ2n) is 5.76. The summed E-state index contributed by atoms with van der Waals surface area (Å²) in [6.07, 6.45) is 2.16. The van der Waals surface area contributed by atoms with Crippen molar-refractivity contribution >= 4 is 5.96 Å². The van der Waals surface area contributed by atoms with Gasteiger partial charge in [-0.3, -0.25) is 4.99 Å². The topological polar surface area (TPSA) is 85.6 Å². The van der Waals surface area contributed by atoms with Crippen LogP contribution in [0.15, 0.2) is 23.2 Å². The molecule has 8 heteroatoms. The summed E-state index contributed by atoms with van der Waals surface area (Å²) < 4.78 is 12.8. The molecule has 2 heterocycles. The molecule has 0 saturated carbocycles. The average molecular weight is 344 g/mol. The molecule has 3 rings (SSSR count). The number of fused-ring (bicyclic) bond motifs is 1. The normalized spacial score (nSPS) is 13.5. The highest BCUT2D eigenvalue weighted by Crippen LogP contribution is 2.27. The lowest BCUT2D eigenvalue weighted by molar-refractivity contribution is 0.354. The molecule has 1 aliphatic rings. The Morgan fingerprint density at radius 3 is 2.72 bits per heavy atom. The number of rotatable bonds is 6. The molecule has 0 aliphatic carbocycles. The van der Waals surface area contributed by atoms with Gasteiger partial charge in [0, 0.05) is 26.6 Å². The van der Waals surface area contributed by atoms with Crippen LogP contribution >= 0.6 is 0 Å². The van der Waals surface area contributed by atoms with Crippen molar-refractivity contribution in [2.45, 2.75) is 32.5 Å². The van der Waals surface area contributed by atoms with Crippen molar-refractivity contribution in [2.24, 2.45) is 4.99 Å². The Morgan fingerprint density at radius 1 is 1.16 bits per heavy atom. The molecule has 0 saturated heterocycles. The number of nitrogens with zero attached hydrogens (tertiary/aromatic N) is 4. The van der Waals surface area contributed by atoms with Gasteiger partial charge in [-0.05, 0) is 24.1 Å². The van der Waals surface area contributed by atoms with Gasteiger partial charge < -0.3 is 24.7 Å². The molecule has 0 amide bonds. The Bertz CT molecular complexity index is 756. The van der Waals surface area contributed by atoms with Gasteiger partial charge in [-0.2, -0.15) is 0 Å². The fourth-order valence-corrected chi connectivity index (χ4v) is 2.90. The van der Waals surface area contributed by atoms with E-state index < -0.39 is 0 Å². The van der Waals surface area contributed by atoms with Gasteiger partial charge >= 0.3 is 0 Å². The van der Waals surface area contributed by atoms with Crippen molar-refractivity contribution in [3.05, 3.63) is 35.4 Å². The molecular formula is C17H24N6O2. The first-order chi connectivity index (χ1) is 12.2. The lowest BCUT2D eigenvalue weighted by Gasteiger charge is -2.13. The van der Waals surface area contributed by atoms with Gasteiger partial charge in [-0.1, -0.05) is 6.07 Å². The number of ether oxygens (including phenoxy) is 2. The van der Waals surface area contributed by atoms with Gasteiger partial charge in [-0.15, -0.1) is 10.2 Å². The lowest BCUT2D eigenvalue weighted by atomic mass is 10.2. The molecule has 0 unspecified atom stereocenters. The molecule has 0 atom stereocenters. The zero-order valence-electron chi connectivity index (χ0n) is 14.9. The minimum Gasteiger partial charge on any atom is -0.493 e. The molecule has 1 aromatic carbocycles. The smallest absolute Gasteiger partial charge is 0.191 e. The highest BCUT2D eigenvalue weighted by atomic mass is 16.5. The second-order valence-corrected chi connectivity index (χ2v) is 5.76. The molecule has 1 aromatic heterocycles. The van der Waals surface area contributed by atoms with E-state index in [1.807, 2.05) is 18.2 Å². The summed E-state index contributed by atoms with van der Waals surface area (Å²) >= 11 is 0. The summed E-state index contributed by atoms with van der Waals surface area (Å²) in [6.45, 7) is 2.22. The predicted molar refractivity (Wildman–Crippen MR) is 94.9 cm³/mol. The Hall–Kier alpha value is -2.77. The molecule has 25 heavy (non-hydrogen) atoms. The van der Waals surface area contributed by atoms with Crippen molar-refractivity contribution in [1.82, 2.24) is 25.4 Å². The quantitative estimate of drug-likeness (QED) is 0.603. The number of methoxy groups -OCH3 is 2. The SMILES string of the molecule is CN=C(NCc1ccc(OC)c(OC)c1)NCc1nnc2n1CCC2. The monoisotopic (exact) mass is 344 g/mol. The summed E-state index contributed by atoms with van der Waals surface area (Å²) in [4.78, 5) is 4.25. The van der Waals surface area contributed by atoms with Crippen molar-refractivity contribution in [3.63, 3.8) is 0 Å². The Labute approximate surface area is 147 Å². The molecular weight excluding hydrogens is 320 g/mol. The molecule has 0 spiro atoms. The van der Waals surface area contributed by atoms with Crippen LogP contribution in [0.1, 0.15) is 23.6 Å². The highest BCUT2D eigenvalue weighted by molar-refractivity contribution is 5.79. The van der Waals surface area contributed by atoms with E-state index >= 15 is 0 Å². The largest absolute Gasteiger partial charge is 0.493 e. The van der Waals surface area contributed by atoms with Crippen LogP contribution in [0.3, 0.4) is 0 Å². The number of aliphatic imine (C=N–C) groups is 1. The van der Waals surface area contributed by atoms with E-state index in [-0.39, 0.29) is 0 Å². The first kappa shape index (κ1) is 17.1. The fraction of sp³-hybridized carbons (Fsp3) is 0.471. The van der Waals surface area contributed by atoms with Crippen LogP contribution < -0.4 is 20.1 Å². The third-order valence-electron chi connectivity index (χ3n) is 4.23. The van der Waals surface area contributed by atoms with Gasteiger partial charge in [0.25, 0.3) is 0 Å². The summed E-state index contributed by atoms with van der Waals surface area (Å²) in [5.41, 5.74) is 1.07. The zero-order valence-corrected chi connectivity index (χ0v) is 14.9. The van der Waals surface area contributed by atoms with E-state index in [9.17, 15) is 0 Å². The van der Waals surface area contributed by atoms with E-state index in [0.29, 0.717) is 24.8 Å². The minimum atomic E-state index is 0.596. The van der Waals surface area contributed by atoms with Crippen molar-refractivity contribution in [3.8, 4) is 11.5 Å². The van der Waals surface area contributed by atoms with Gasteiger partial charge in [0.1, 0.15) is 5.82 Å². The molecule has 1 aliphatic heterocycles. The Kier molecular flexibility index (Phi) is 5.37. The third kappa shape index (κ3) is 3.84. The van der Waals surface area contributed by atoms with Crippen LogP contribution in [0.4, 0.5) is 0 Å². The van der Waals surface area contributed by atoms with Crippen LogP contribution in [-0.2, 0) is 26.1 Å². The first-order valence-corrected chi connectivity index (χ1v) is 8.31. The Balaban J connectivity index is 1.56. The van der Waals surface area contributed by atoms with Crippen LogP contribution in [0.2, 0.25) is 0 Å². The number of aromatic nitrogens is 3. The van der Waals surface area contributed by atoms with Crippen LogP contribution in [0, 0.1) is 0 Å². The highest BCUT2D eigenvalue weighted by Gasteiger charge is 2.17. The number of aryl methyl sites for hydroxylation is 1. The van der Waals surface area contributed by atoms with Crippen molar-refractivity contribution in [1.29, 1.82) is 0 Å². The van der Waals surface area contributed by atoms with Crippen molar-refractivity contribution < 1.29 is 9.47 Å². The Morgan fingerprint density at radius 2 is 1.96 bits per heavy atom. The van der Waals surface area contributed by atoms with Crippen molar-refractivity contribution in [2.75, 3.05) is 21.3 Å². The summed E-state index contributed by atoms with van der Waals surface area (Å²) in [7, 11) is 5.01. The number of benzene rings is 1.